The van der Waals surface area contributed by atoms with Crippen molar-refractivity contribution in [1.82, 2.24) is 15.2 Å². The summed E-state index contributed by atoms with van der Waals surface area (Å²) < 4.78 is 0. The van der Waals surface area contributed by atoms with E-state index in [1.807, 2.05) is 19.1 Å². The lowest BCUT2D eigenvalue weighted by Gasteiger charge is -1.97. The van der Waals surface area contributed by atoms with Gasteiger partial charge in [0.15, 0.2) is 5.01 Å². The normalized spacial score (nSPS) is 10.5. The van der Waals surface area contributed by atoms with Gasteiger partial charge in [-0.1, -0.05) is 17.4 Å². The summed E-state index contributed by atoms with van der Waals surface area (Å²) in [6, 6.07) is 3.94. The molecule has 0 aliphatic heterocycles. The first-order chi connectivity index (χ1) is 7.31. The van der Waals surface area contributed by atoms with Gasteiger partial charge in [-0.15, -0.1) is 10.2 Å². The van der Waals surface area contributed by atoms with Crippen molar-refractivity contribution in [3.05, 3.63) is 28.9 Å². The predicted molar refractivity (Wildman–Crippen MR) is 60.6 cm³/mol. The lowest BCUT2D eigenvalue weighted by molar-refractivity contribution is 0.912. The topological polar surface area (TPSA) is 64.7 Å². The van der Waals surface area contributed by atoms with E-state index < -0.39 is 0 Å². The lowest BCUT2D eigenvalue weighted by Crippen LogP contribution is -2.01. The molecule has 5 heteroatoms. The minimum absolute atomic E-state index is 0.607. The van der Waals surface area contributed by atoms with E-state index in [2.05, 4.69) is 15.2 Å². The first kappa shape index (κ1) is 10.2. The molecule has 0 aromatic carbocycles. The van der Waals surface area contributed by atoms with E-state index in [0.29, 0.717) is 6.54 Å². The van der Waals surface area contributed by atoms with E-state index in [1.165, 1.54) is 0 Å². The number of aryl methyl sites for hydroxylation is 1. The maximum absolute atomic E-state index is 5.46. The highest BCUT2D eigenvalue weighted by atomic mass is 32.1. The maximum Gasteiger partial charge on any atom is 0.166 e. The largest absolute Gasteiger partial charge is 0.330 e. The van der Waals surface area contributed by atoms with Crippen molar-refractivity contribution >= 4 is 11.3 Å². The zero-order chi connectivity index (χ0) is 10.7. The minimum Gasteiger partial charge on any atom is -0.330 e. The number of hydrogen-bond acceptors (Lipinski definition) is 5. The second-order valence-corrected chi connectivity index (χ2v) is 4.27. The van der Waals surface area contributed by atoms with Crippen LogP contribution < -0.4 is 5.73 Å². The van der Waals surface area contributed by atoms with Crippen molar-refractivity contribution < 1.29 is 0 Å². The Labute approximate surface area is 92.2 Å². The molecule has 2 N–H and O–H groups in total. The van der Waals surface area contributed by atoms with Gasteiger partial charge in [0.1, 0.15) is 10.7 Å². The highest BCUT2D eigenvalue weighted by Gasteiger charge is 2.09. The molecule has 0 fully saturated rings. The molecule has 0 amide bonds. The van der Waals surface area contributed by atoms with Crippen molar-refractivity contribution in [2.24, 2.45) is 5.73 Å². The van der Waals surface area contributed by atoms with Crippen LogP contribution in [0.15, 0.2) is 18.3 Å². The molecule has 0 radical (unpaired) electrons. The van der Waals surface area contributed by atoms with Crippen LogP contribution in [0.5, 0.6) is 0 Å². The zero-order valence-corrected chi connectivity index (χ0v) is 9.29. The quantitative estimate of drug-likeness (QED) is 0.849. The Hall–Kier alpha value is -1.33. The second-order valence-electron chi connectivity index (χ2n) is 3.21. The fourth-order valence-electron chi connectivity index (χ4n) is 1.28. The summed E-state index contributed by atoms with van der Waals surface area (Å²) >= 11 is 1.56. The Morgan fingerprint density at radius 3 is 3.00 bits per heavy atom. The van der Waals surface area contributed by atoms with E-state index in [-0.39, 0.29) is 0 Å². The van der Waals surface area contributed by atoms with Crippen molar-refractivity contribution in [3.8, 4) is 10.7 Å². The smallest absolute Gasteiger partial charge is 0.166 e. The third kappa shape index (κ3) is 2.19. The Morgan fingerprint density at radius 1 is 1.40 bits per heavy atom. The third-order valence-corrected chi connectivity index (χ3v) is 3.03. The maximum atomic E-state index is 5.46. The molecule has 2 aromatic rings. The second kappa shape index (κ2) is 4.46. The summed E-state index contributed by atoms with van der Waals surface area (Å²) in [5, 5.41) is 10.0. The minimum atomic E-state index is 0.607. The molecule has 2 aromatic heterocycles. The van der Waals surface area contributed by atoms with E-state index in [9.17, 15) is 0 Å². The summed E-state index contributed by atoms with van der Waals surface area (Å²) in [7, 11) is 0. The van der Waals surface area contributed by atoms with Gasteiger partial charge in [-0.3, -0.25) is 4.98 Å². The van der Waals surface area contributed by atoms with E-state index in [1.54, 1.807) is 17.5 Å². The van der Waals surface area contributed by atoms with Gasteiger partial charge in [-0.25, -0.2) is 0 Å². The summed E-state index contributed by atoms with van der Waals surface area (Å²) in [5.74, 6) is 0. The molecule has 0 aliphatic carbocycles. The van der Waals surface area contributed by atoms with Gasteiger partial charge in [-0.05, 0) is 25.1 Å². The SMILES string of the molecule is Cc1cccnc1-c1nnc(CCN)s1. The summed E-state index contributed by atoms with van der Waals surface area (Å²) in [4.78, 5) is 4.30. The Kier molecular flexibility index (Phi) is 3.03. The number of aromatic nitrogens is 3. The molecule has 0 saturated carbocycles. The lowest BCUT2D eigenvalue weighted by atomic mass is 10.2. The monoisotopic (exact) mass is 220 g/mol. The number of hydrogen-bond donors (Lipinski definition) is 1. The first-order valence-corrected chi connectivity index (χ1v) is 5.57. The van der Waals surface area contributed by atoms with Crippen LogP contribution in [-0.4, -0.2) is 21.7 Å². The standard InChI is InChI=1S/C10H12N4S/c1-7-3-2-6-12-9(7)10-14-13-8(15-10)4-5-11/h2-3,6H,4-5,11H2,1H3. The summed E-state index contributed by atoms with van der Waals surface area (Å²) in [5.41, 5.74) is 7.50. The van der Waals surface area contributed by atoms with Gasteiger partial charge in [0.25, 0.3) is 0 Å². The number of nitrogens with two attached hydrogens (primary N) is 1. The highest BCUT2D eigenvalue weighted by Crippen LogP contribution is 2.24. The van der Waals surface area contributed by atoms with E-state index in [0.717, 1.165) is 27.7 Å². The van der Waals surface area contributed by atoms with Crippen LogP contribution in [0.3, 0.4) is 0 Å². The van der Waals surface area contributed by atoms with Crippen LogP contribution in [0.1, 0.15) is 10.6 Å². The van der Waals surface area contributed by atoms with Crippen LogP contribution in [0.25, 0.3) is 10.7 Å². The Bertz CT molecular complexity index is 452. The molecule has 0 saturated heterocycles. The van der Waals surface area contributed by atoms with Crippen molar-refractivity contribution in [2.45, 2.75) is 13.3 Å². The first-order valence-electron chi connectivity index (χ1n) is 4.75. The van der Waals surface area contributed by atoms with Crippen molar-refractivity contribution in [3.63, 3.8) is 0 Å². The molecular formula is C10H12N4S. The molecule has 0 bridgehead atoms. The molecule has 2 heterocycles. The molecular weight excluding hydrogens is 208 g/mol. The molecule has 4 nitrogen and oxygen atoms in total. The highest BCUT2D eigenvalue weighted by molar-refractivity contribution is 7.14. The molecule has 0 unspecified atom stereocenters. The molecule has 0 spiro atoms. The van der Waals surface area contributed by atoms with Gasteiger partial charge in [0.2, 0.25) is 0 Å². The predicted octanol–water partition coefficient (Wildman–Crippen LogP) is 1.41. The third-order valence-electron chi connectivity index (χ3n) is 2.04. The van der Waals surface area contributed by atoms with E-state index in [4.69, 9.17) is 5.73 Å². The van der Waals surface area contributed by atoms with Gasteiger partial charge in [0, 0.05) is 12.6 Å². The summed E-state index contributed by atoms with van der Waals surface area (Å²) in [6.07, 6.45) is 2.55. The van der Waals surface area contributed by atoms with Gasteiger partial charge >= 0.3 is 0 Å². The zero-order valence-electron chi connectivity index (χ0n) is 8.47. The number of nitrogens with zero attached hydrogens (tertiary/aromatic N) is 3. The average molecular weight is 220 g/mol. The van der Waals surface area contributed by atoms with Crippen molar-refractivity contribution in [1.29, 1.82) is 0 Å². The van der Waals surface area contributed by atoms with Gasteiger partial charge < -0.3 is 5.73 Å². The molecule has 2 rings (SSSR count). The number of rotatable bonds is 3. The molecule has 0 atom stereocenters. The van der Waals surface area contributed by atoms with E-state index >= 15 is 0 Å². The van der Waals surface area contributed by atoms with Crippen molar-refractivity contribution in [2.75, 3.05) is 6.54 Å². The molecule has 15 heavy (non-hydrogen) atoms. The fourth-order valence-corrected chi connectivity index (χ4v) is 2.20. The van der Waals surface area contributed by atoms with Crippen LogP contribution in [0.4, 0.5) is 0 Å². The Balaban J connectivity index is 2.33. The fraction of sp³-hybridized carbons (Fsp3) is 0.300. The molecule has 0 aliphatic rings. The Morgan fingerprint density at radius 2 is 2.27 bits per heavy atom. The van der Waals surface area contributed by atoms with Crippen LogP contribution in [0.2, 0.25) is 0 Å². The van der Waals surface area contributed by atoms with Crippen LogP contribution in [0, 0.1) is 6.92 Å². The number of pyridine rings is 1. The van der Waals surface area contributed by atoms with Crippen LogP contribution >= 0.6 is 11.3 Å². The van der Waals surface area contributed by atoms with Gasteiger partial charge in [-0.2, -0.15) is 0 Å². The average Bonchev–Trinajstić information content (AvgIpc) is 2.68. The molecule has 78 valence electrons. The summed E-state index contributed by atoms with van der Waals surface area (Å²) in [6.45, 7) is 2.63. The van der Waals surface area contributed by atoms with Gasteiger partial charge in [0.05, 0.1) is 0 Å². The van der Waals surface area contributed by atoms with Crippen LogP contribution in [-0.2, 0) is 6.42 Å².